The standard InChI is InChI=1S/C11H15ClO/c1-3-8-13-11-6-4-10(5-7-11)9(2)12/h4-7,9H,3,8H2,1-2H3. The van der Waals surface area contributed by atoms with Crippen LogP contribution in [0, 0.1) is 0 Å². The van der Waals surface area contributed by atoms with Gasteiger partial charge in [-0.1, -0.05) is 19.1 Å². The molecule has 13 heavy (non-hydrogen) atoms. The lowest BCUT2D eigenvalue weighted by Gasteiger charge is -2.06. The van der Waals surface area contributed by atoms with Gasteiger partial charge in [-0.05, 0) is 31.0 Å². The van der Waals surface area contributed by atoms with Gasteiger partial charge in [0.15, 0.2) is 0 Å². The van der Waals surface area contributed by atoms with Crippen molar-refractivity contribution in [1.29, 1.82) is 0 Å². The lowest BCUT2D eigenvalue weighted by molar-refractivity contribution is 0.317. The van der Waals surface area contributed by atoms with Crippen molar-refractivity contribution in [2.75, 3.05) is 6.61 Å². The third-order valence-corrected chi connectivity index (χ3v) is 2.06. The van der Waals surface area contributed by atoms with Crippen LogP contribution in [0.1, 0.15) is 31.2 Å². The number of alkyl halides is 1. The molecule has 1 atom stereocenters. The molecule has 0 saturated carbocycles. The SMILES string of the molecule is CCCOc1ccc(C(C)Cl)cc1. The second-order valence-electron chi connectivity index (χ2n) is 3.03. The first-order chi connectivity index (χ1) is 6.24. The van der Waals surface area contributed by atoms with Crippen molar-refractivity contribution in [3.05, 3.63) is 29.8 Å². The van der Waals surface area contributed by atoms with E-state index in [0.29, 0.717) is 0 Å². The largest absolute Gasteiger partial charge is 0.494 e. The third-order valence-electron chi connectivity index (χ3n) is 1.81. The van der Waals surface area contributed by atoms with Crippen LogP contribution >= 0.6 is 11.6 Å². The average Bonchev–Trinajstić information content (AvgIpc) is 2.15. The van der Waals surface area contributed by atoms with Crippen LogP contribution in [0.15, 0.2) is 24.3 Å². The highest BCUT2D eigenvalue weighted by Crippen LogP contribution is 2.21. The zero-order valence-electron chi connectivity index (χ0n) is 8.09. The summed E-state index contributed by atoms with van der Waals surface area (Å²) in [5.74, 6) is 0.919. The second kappa shape index (κ2) is 5.13. The fourth-order valence-corrected chi connectivity index (χ4v) is 1.19. The summed E-state index contributed by atoms with van der Waals surface area (Å²) in [6.45, 7) is 4.83. The van der Waals surface area contributed by atoms with Gasteiger partial charge >= 0.3 is 0 Å². The van der Waals surface area contributed by atoms with E-state index in [2.05, 4.69) is 6.92 Å². The number of hydrogen-bond acceptors (Lipinski definition) is 1. The highest BCUT2D eigenvalue weighted by Gasteiger charge is 2.00. The predicted molar refractivity (Wildman–Crippen MR) is 56.5 cm³/mol. The summed E-state index contributed by atoms with van der Waals surface area (Å²) in [7, 11) is 0. The van der Waals surface area contributed by atoms with Crippen LogP contribution in [0.2, 0.25) is 0 Å². The number of halogens is 1. The average molecular weight is 199 g/mol. The summed E-state index contributed by atoms with van der Waals surface area (Å²) < 4.78 is 5.45. The molecule has 72 valence electrons. The maximum atomic E-state index is 5.92. The molecule has 1 aromatic rings. The molecule has 0 fully saturated rings. The van der Waals surface area contributed by atoms with Crippen molar-refractivity contribution in [2.24, 2.45) is 0 Å². The van der Waals surface area contributed by atoms with E-state index < -0.39 is 0 Å². The zero-order chi connectivity index (χ0) is 9.68. The summed E-state index contributed by atoms with van der Waals surface area (Å²) in [6.07, 6.45) is 1.04. The molecule has 1 unspecified atom stereocenters. The van der Waals surface area contributed by atoms with Crippen LogP contribution in [-0.4, -0.2) is 6.61 Å². The predicted octanol–water partition coefficient (Wildman–Crippen LogP) is 3.78. The fraction of sp³-hybridized carbons (Fsp3) is 0.455. The normalized spacial score (nSPS) is 12.5. The van der Waals surface area contributed by atoms with Crippen LogP contribution in [0.25, 0.3) is 0 Å². The molecule has 0 spiro atoms. The lowest BCUT2D eigenvalue weighted by atomic mass is 10.2. The van der Waals surface area contributed by atoms with Crippen LogP contribution in [0.3, 0.4) is 0 Å². The molecule has 0 radical (unpaired) electrons. The minimum absolute atomic E-state index is 0.0697. The second-order valence-corrected chi connectivity index (χ2v) is 3.69. The van der Waals surface area contributed by atoms with Crippen molar-refractivity contribution in [3.8, 4) is 5.75 Å². The van der Waals surface area contributed by atoms with Crippen LogP contribution in [-0.2, 0) is 0 Å². The molecule has 1 nitrogen and oxygen atoms in total. The molecule has 0 N–H and O–H groups in total. The molecule has 2 heteroatoms. The Balaban J connectivity index is 2.59. The van der Waals surface area contributed by atoms with E-state index >= 15 is 0 Å². The van der Waals surface area contributed by atoms with Gasteiger partial charge < -0.3 is 4.74 Å². The summed E-state index contributed by atoms with van der Waals surface area (Å²) in [5, 5.41) is 0.0697. The van der Waals surface area contributed by atoms with E-state index in [9.17, 15) is 0 Å². The Labute approximate surface area is 84.7 Å². The number of benzene rings is 1. The van der Waals surface area contributed by atoms with Gasteiger partial charge in [-0.2, -0.15) is 0 Å². The van der Waals surface area contributed by atoms with Crippen LogP contribution in [0.5, 0.6) is 5.75 Å². The van der Waals surface area contributed by atoms with Crippen molar-refractivity contribution < 1.29 is 4.74 Å². The van der Waals surface area contributed by atoms with Gasteiger partial charge in [-0.15, -0.1) is 11.6 Å². The summed E-state index contributed by atoms with van der Waals surface area (Å²) in [6, 6.07) is 7.93. The van der Waals surface area contributed by atoms with E-state index in [-0.39, 0.29) is 5.38 Å². The van der Waals surface area contributed by atoms with Gasteiger partial charge in [0.05, 0.1) is 12.0 Å². The van der Waals surface area contributed by atoms with Gasteiger partial charge in [0.2, 0.25) is 0 Å². The zero-order valence-corrected chi connectivity index (χ0v) is 8.84. The van der Waals surface area contributed by atoms with Crippen LogP contribution < -0.4 is 4.74 Å². The van der Waals surface area contributed by atoms with Crippen molar-refractivity contribution >= 4 is 11.6 Å². The molecule has 0 aliphatic rings. The molecule has 0 bridgehead atoms. The molecule has 0 aromatic heterocycles. The van der Waals surface area contributed by atoms with Gasteiger partial charge in [0, 0.05) is 0 Å². The van der Waals surface area contributed by atoms with E-state index in [4.69, 9.17) is 16.3 Å². The minimum atomic E-state index is 0.0697. The van der Waals surface area contributed by atoms with E-state index in [1.165, 1.54) is 0 Å². The first-order valence-corrected chi connectivity index (χ1v) is 5.04. The number of hydrogen-bond donors (Lipinski definition) is 0. The number of rotatable bonds is 4. The first kappa shape index (κ1) is 10.4. The Kier molecular flexibility index (Phi) is 4.10. The molecule has 1 rings (SSSR count). The maximum absolute atomic E-state index is 5.92. The van der Waals surface area contributed by atoms with Gasteiger partial charge in [0.25, 0.3) is 0 Å². The Hall–Kier alpha value is -0.690. The molecule has 0 saturated heterocycles. The van der Waals surface area contributed by atoms with Gasteiger partial charge in [0.1, 0.15) is 5.75 Å². The monoisotopic (exact) mass is 198 g/mol. The third kappa shape index (κ3) is 3.27. The highest BCUT2D eigenvalue weighted by molar-refractivity contribution is 6.20. The van der Waals surface area contributed by atoms with Crippen LogP contribution in [0.4, 0.5) is 0 Å². The Morgan fingerprint density at radius 3 is 2.38 bits per heavy atom. The molecule has 0 heterocycles. The molecule has 0 amide bonds. The van der Waals surface area contributed by atoms with Crippen molar-refractivity contribution in [1.82, 2.24) is 0 Å². The fourth-order valence-electron chi connectivity index (χ4n) is 1.05. The van der Waals surface area contributed by atoms with Gasteiger partial charge in [-0.3, -0.25) is 0 Å². The first-order valence-electron chi connectivity index (χ1n) is 4.61. The maximum Gasteiger partial charge on any atom is 0.119 e. The molecule has 0 aliphatic heterocycles. The Morgan fingerprint density at radius 2 is 1.92 bits per heavy atom. The van der Waals surface area contributed by atoms with Crippen molar-refractivity contribution in [2.45, 2.75) is 25.6 Å². The summed E-state index contributed by atoms with van der Waals surface area (Å²) >= 11 is 5.92. The molecular weight excluding hydrogens is 184 g/mol. The van der Waals surface area contributed by atoms with E-state index in [0.717, 1.165) is 24.3 Å². The quantitative estimate of drug-likeness (QED) is 0.670. The smallest absolute Gasteiger partial charge is 0.119 e. The summed E-state index contributed by atoms with van der Waals surface area (Å²) in [5.41, 5.74) is 1.13. The Bertz CT molecular complexity index is 241. The molecule has 0 aliphatic carbocycles. The minimum Gasteiger partial charge on any atom is -0.494 e. The van der Waals surface area contributed by atoms with Crippen molar-refractivity contribution in [3.63, 3.8) is 0 Å². The Morgan fingerprint density at radius 1 is 1.31 bits per heavy atom. The van der Waals surface area contributed by atoms with E-state index in [1.54, 1.807) is 0 Å². The summed E-state index contributed by atoms with van der Waals surface area (Å²) in [4.78, 5) is 0. The molecular formula is C11H15ClO. The van der Waals surface area contributed by atoms with Gasteiger partial charge in [-0.25, -0.2) is 0 Å². The highest BCUT2D eigenvalue weighted by atomic mass is 35.5. The number of ether oxygens (including phenoxy) is 1. The molecule has 1 aromatic carbocycles. The van der Waals surface area contributed by atoms with E-state index in [1.807, 2.05) is 31.2 Å². The lowest BCUT2D eigenvalue weighted by Crippen LogP contribution is -1.94. The topological polar surface area (TPSA) is 9.23 Å².